The lowest BCUT2D eigenvalue weighted by Crippen LogP contribution is -2.48. The predicted molar refractivity (Wildman–Crippen MR) is 34.1 cm³/mol. The van der Waals surface area contributed by atoms with Gasteiger partial charge < -0.3 is 0 Å². The summed E-state index contributed by atoms with van der Waals surface area (Å²) in [5.41, 5.74) is 0.801. The Morgan fingerprint density at radius 1 is 1.50 bits per heavy atom. The second-order valence-electron chi connectivity index (χ2n) is 1.98. The van der Waals surface area contributed by atoms with Crippen LogP contribution in [-0.4, -0.2) is 0 Å². The fourth-order valence-electron chi connectivity index (χ4n) is 0.745. The molecular formula is C7H9FNO+. The van der Waals surface area contributed by atoms with Crippen LogP contribution in [0.4, 0.5) is 4.39 Å². The molecule has 0 fully saturated rings. The van der Waals surface area contributed by atoms with Gasteiger partial charge in [-0.2, -0.15) is 0 Å². The molecule has 0 unspecified atom stereocenters. The molecule has 0 aliphatic heterocycles. The molecule has 0 saturated heterocycles. The lowest BCUT2D eigenvalue weighted by molar-refractivity contribution is -0.695. The molecule has 0 bridgehead atoms. The predicted octanol–water partition coefficient (Wildman–Crippen LogP) is 0.499. The normalized spacial score (nSPS) is 9.80. The quantitative estimate of drug-likeness (QED) is 0.600. The highest BCUT2D eigenvalue weighted by atomic mass is 19.1. The molecule has 0 spiro atoms. The number of hydrogen-bond donors (Lipinski definition) is 1. The first-order valence-corrected chi connectivity index (χ1v) is 2.94. The molecule has 1 rings (SSSR count). The molecule has 3 N–H and O–H groups in total. The molecule has 0 saturated carbocycles. The maximum Gasteiger partial charge on any atom is 0.131 e. The van der Waals surface area contributed by atoms with Crippen LogP contribution in [0.15, 0.2) is 24.3 Å². The third-order valence-corrected chi connectivity index (χ3v) is 1.16. The lowest BCUT2D eigenvalue weighted by Gasteiger charge is -1.94. The van der Waals surface area contributed by atoms with E-state index in [1.807, 2.05) is 0 Å². The van der Waals surface area contributed by atoms with Gasteiger partial charge in [-0.3, -0.25) is 0 Å². The van der Waals surface area contributed by atoms with Crippen LogP contribution >= 0.6 is 0 Å². The van der Waals surface area contributed by atoms with Gasteiger partial charge in [-0.05, 0) is 17.7 Å². The summed E-state index contributed by atoms with van der Waals surface area (Å²) in [5, 5.41) is 0. The van der Waals surface area contributed by atoms with Crippen molar-refractivity contribution in [3.63, 3.8) is 0 Å². The Morgan fingerprint density at radius 3 is 2.90 bits per heavy atom. The molecular weight excluding hydrogens is 133 g/mol. The van der Waals surface area contributed by atoms with E-state index in [2.05, 4.69) is 10.7 Å². The molecule has 0 amide bonds. The summed E-state index contributed by atoms with van der Waals surface area (Å²) in [6.45, 7) is 0.359. The van der Waals surface area contributed by atoms with Gasteiger partial charge in [0.15, 0.2) is 0 Å². The molecule has 1 aromatic carbocycles. The third kappa shape index (κ3) is 1.79. The minimum atomic E-state index is -0.241. The number of halogens is 1. The minimum absolute atomic E-state index is 0.241. The van der Waals surface area contributed by atoms with Gasteiger partial charge in [-0.15, -0.1) is 0 Å². The number of quaternary nitrogens is 1. The topological polar surface area (TPSA) is 36.9 Å². The van der Waals surface area contributed by atoms with Gasteiger partial charge in [0.25, 0.3) is 0 Å². The highest BCUT2D eigenvalue weighted by Gasteiger charge is 1.93. The van der Waals surface area contributed by atoms with Gasteiger partial charge in [0.2, 0.25) is 0 Å². The molecule has 0 heterocycles. The van der Waals surface area contributed by atoms with Gasteiger partial charge in [0, 0.05) is 0 Å². The van der Waals surface area contributed by atoms with Crippen molar-refractivity contribution in [1.82, 2.24) is 0 Å². The van der Waals surface area contributed by atoms with Crippen LogP contribution in [0, 0.1) is 5.82 Å². The van der Waals surface area contributed by atoms with Crippen LogP contribution in [0.3, 0.4) is 0 Å². The monoisotopic (exact) mass is 142 g/mol. The lowest BCUT2D eigenvalue weighted by atomic mass is 10.2. The molecule has 3 heteroatoms. The van der Waals surface area contributed by atoms with Gasteiger partial charge in [-0.25, -0.2) is 15.1 Å². The SMILES string of the molecule is [NH3+]OCc1cccc(F)c1. The Labute approximate surface area is 58.4 Å². The molecule has 0 aliphatic carbocycles. The van der Waals surface area contributed by atoms with E-state index >= 15 is 0 Å². The van der Waals surface area contributed by atoms with E-state index in [1.54, 1.807) is 12.1 Å². The van der Waals surface area contributed by atoms with Crippen molar-refractivity contribution >= 4 is 0 Å². The second-order valence-corrected chi connectivity index (χ2v) is 1.98. The smallest absolute Gasteiger partial charge is 0.131 e. The van der Waals surface area contributed by atoms with Crippen molar-refractivity contribution in [3.8, 4) is 0 Å². The van der Waals surface area contributed by atoms with E-state index in [0.717, 1.165) is 5.56 Å². The standard InChI is InChI=1S/C7H9FNO/c8-7-3-1-2-6(4-7)5-10-9/h1-4H,5H2,9H3/q+1. The van der Waals surface area contributed by atoms with Gasteiger partial charge in [0.1, 0.15) is 12.4 Å². The van der Waals surface area contributed by atoms with Crippen LogP contribution in [0.5, 0.6) is 0 Å². The summed E-state index contributed by atoms with van der Waals surface area (Å²) >= 11 is 0. The van der Waals surface area contributed by atoms with E-state index in [1.165, 1.54) is 12.1 Å². The van der Waals surface area contributed by atoms with Crippen molar-refractivity contribution in [2.24, 2.45) is 0 Å². The van der Waals surface area contributed by atoms with Gasteiger partial charge >= 0.3 is 0 Å². The maximum atomic E-state index is 12.4. The summed E-state index contributed by atoms with van der Waals surface area (Å²) in [4.78, 5) is 4.57. The van der Waals surface area contributed by atoms with E-state index < -0.39 is 0 Å². The van der Waals surface area contributed by atoms with Crippen LogP contribution in [-0.2, 0) is 11.4 Å². The first kappa shape index (κ1) is 7.18. The molecule has 0 aliphatic rings. The van der Waals surface area contributed by atoms with E-state index in [4.69, 9.17) is 0 Å². The van der Waals surface area contributed by atoms with Crippen molar-refractivity contribution in [2.75, 3.05) is 0 Å². The number of hydrogen-bond acceptors (Lipinski definition) is 1. The van der Waals surface area contributed by atoms with Crippen LogP contribution in [0.2, 0.25) is 0 Å². The molecule has 2 nitrogen and oxygen atoms in total. The number of rotatable bonds is 2. The van der Waals surface area contributed by atoms with E-state index in [-0.39, 0.29) is 5.82 Å². The van der Waals surface area contributed by atoms with E-state index in [0.29, 0.717) is 6.61 Å². The molecule has 0 aromatic heterocycles. The fraction of sp³-hybridized carbons (Fsp3) is 0.143. The Kier molecular flexibility index (Phi) is 2.36. The molecule has 10 heavy (non-hydrogen) atoms. The summed E-state index contributed by atoms with van der Waals surface area (Å²) in [6, 6.07) is 6.25. The zero-order chi connectivity index (χ0) is 7.40. The summed E-state index contributed by atoms with van der Waals surface area (Å²) in [6.07, 6.45) is 0. The van der Waals surface area contributed by atoms with Crippen LogP contribution in [0.25, 0.3) is 0 Å². The largest absolute Gasteiger partial charge is 0.212 e. The first-order chi connectivity index (χ1) is 4.83. The zero-order valence-electron chi connectivity index (χ0n) is 5.51. The molecule has 0 radical (unpaired) electrons. The maximum absolute atomic E-state index is 12.4. The highest BCUT2D eigenvalue weighted by Crippen LogP contribution is 2.02. The van der Waals surface area contributed by atoms with Gasteiger partial charge in [0.05, 0.1) is 0 Å². The Bertz CT molecular complexity index is 215. The van der Waals surface area contributed by atoms with Crippen molar-refractivity contribution in [3.05, 3.63) is 35.6 Å². The van der Waals surface area contributed by atoms with Crippen molar-refractivity contribution in [1.29, 1.82) is 0 Å². The molecule has 1 aromatic rings. The minimum Gasteiger partial charge on any atom is -0.212 e. The third-order valence-electron chi connectivity index (χ3n) is 1.16. The van der Waals surface area contributed by atoms with Crippen LogP contribution in [0.1, 0.15) is 5.56 Å². The van der Waals surface area contributed by atoms with Gasteiger partial charge in [-0.1, -0.05) is 12.1 Å². The Morgan fingerprint density at radius 2 is 2.30 bits per heavy atom. The molecule has 54 valence electrons. The summed E-state index contributed by atoms with van der Waals surface area (Å²) in [7, 11) is 0. The first-order valence-electron chi connectivity index (χ1n) is 2.94. The second kappa shape index (κ2) is 3.29. The Balaban J connectivity index is 2.75. The number of benzene rings is 1. The summed E-state index contributed by atoms with van der Waals surface area (Å²) < 4.78 is 12.4. The fourth-order valence-corrected chi connectivity index (χ4v) is 0.745. The van der Waals surface area contributed by atoms with Crippen molar-refractivity contribution < 1.29 is 15.1 Å². The summed E-state index contributed by atoms with van der Waals surface area (Å²) in [5.74, 6) is 2.95. The zero-order valence-corrected chi connectivity index (χ0v) is 5.51. The molecule has 0 atom stereocenters. The Hall–Kier alpha value is -0.930. The average molecular weight is 142 g/mol. The highest BCUT2D eigenvalue weighted by molar-refractivity contribution is 5.14. The average Bonchev–Trinajstić information content (AvgIpc) is 1.88. The van der Waals surface area contributed by atoms with Crippen LogP contribution < -0.4 is 5.90 Å². The van der Waals surface area contributed by atoms with E-state index in [9.17, 15) is 4.39 Å². The van der Waals surface area contributed by atoms with Crippen molar-refractivity contribution in [2.45, 2.75) is 6.61 Å².